The van der Waals surface area contributed by atoms with Crippen LogP contribution in [0.25, 0.3) is 6.08 Å². The van der Waals surface area contributed by atoms with Crippen molar-refractivity contribution in [1.29, 1.82) is 0 Å². The minimum absolute atomic E-state index is 0.0361. The predicted molar refractivity (Wildman–Crippen MR) is 121 cm³/mol. The predicted octanol–water partition coefficient (Wildman–Crippen LogP) is 3.16. The summed E-state index contributed by atoms with van der Waals surface area (Å²) in [6.07, 6.45) is 9.70. The number of nitrogens with zero attached hydrogens (tertiary/aromatic N) is 1. The molecule has 1 aliphatic carbocycles. The topological polar surface area (TPSA) is 69.6 Å². The molecule has 1 aromatic rings. The van der Waals surface area contributed by atoms with E-state index in [1.807, 2.05) is 4.90 Å². The fourth-order valence-electron chi connectivity index (χ4n) is 4.92. The van der Waals surface area contributed by atoms with Crippen molar-refractivity contribution in [3.63, 3.8) is 0 Å². The molecule has 2 fully saturated rings. The highest BCUT2D eigenvalue weighted by atomic mass is 32.2. The zero-order valence-electron chi connectivity index (χ0n) is 17.5. The molecule has 3 atom stereocenters. The van der Waals surface area contributed by atoms with E-state index in [-0.39, 0.29) is 35.6 Å². The van der Waals surface area contributed by atoms with Crippen LogP contribution in [-0.2, 0) is 16.0 Å². The molecule has 4 rings (SSSR count). The van der Waals surface area contributed by atoms with Crippen molar-refractivity contribution in [2.24, 2.45) is 0 Å². The fraction of sp³-hybridized carbons (Fsp3) is 0.583. The summed E-state index contributed by atoms with van der Waals surface area (Å²) in [5, 5.41) is 12.4. The third-order valence-electron chi connectivity index (χ3n) is 6.57. The van der Waals surface area contributed by atoms with Gasteiger partial charge in [-0.25, -0.2) is 0 Å². The lowest BCUT2D eigenvalue weighted by Crippen LogP contribution is -2.48. The van der Waals surface area contributed by atoms with E-state index in [2.05, 4.69) is 35.7 Å². The van der Waals surface area contributed by atoms with Gasteiger partial charge in [-0.05, 0) is 49.7 Å². The lowest BCUT2D eigenvalue weighted by Gasteiger charge is -2.27. The maximum Gasteiger partial charge on any atom is 0.223 e. The average molecular weight is 429 g/mol. The number of thioether (sulfide) groups is 1. The summed E-state index contributed by atoms with van der Waals surface area (Å²) in [5.74, 6) is 0.918. The summed E-state index contributed by atoms with van der Waals surface area (Å²) in [4.78, 5) is 27.6. The number of hydrogen-bond donors (Lipinski definition) is 2. The minimum atomic E-state index is -0.300. The van der Waals surface area contributed by atoms with Gasteiger partial charge in [-0.15, -0.1) is 11.8 Å². The number of rotatable bonds is 9. The van der Waals surface area contributed by atoms with Crippen molar-refractivity contribution < 1.29 is 14.7 Å². The number of fused-ring (bicyclic) bond motifs is 1. The first-order valence-corrected chi connectivity index (χ1v) is 12.3. The van der Waals surface area contributed by atoms with Crippen LogP contribution in [-0.4, -0.2) is 58.1 Å². The van der Waals surface area contributed by atoms with E-state index >= 15 is 0 Å². The van der Waals surface area contributed by atoms with E-state index in [1.54, 1.807) is 11.8 Å². The van der Waals surface area contributed by atoms with E-state index < -0.39 is 0 Å². The van der Waals surface area contributed by atoms with Gasteiger partial charge in [0.2, 0.25) is 5.91 Å². The first-order valence-electron chi connectivity index (χ1n) is 11.2. The number of ketones is 1. The number of likely N-dealkylation sites (tertiary alicyclic amines) is 1. The number of amides is 1. The van der Waals surface area contributed by atoms with Gasteiger partial charge in [-0.2, -0.15) is 0 Å². The van der Waals surface area contributed by atoms with E-state index in [4.69, 9.17) is 0 Å². The van der Waals surface area contributed by atoms with E-state index in [0.717, 1.165) is 44.9 Å². The normalized spacial score (nSPS) is 25.4. The average Bonchev–Trinajstić information content (AvgIpc) is 3.51. The molecule has 2 saturated heterocycles. The van der Waals surface area contributed by atoms with Crippen molar-refractivity contribution in [2.75, 3.05) is 19.0 Å². The molecule has 3 aliphatic rings. The molecule has 1 unspecified atom stereocenters. The number of unbranched alkanes of at least 4 members (excludes halogenated alkanes) is 2. The van der Waals surface area contributed by atoms with E-state index in [9.17, 15) is 14.7 Å². The molecular weight excluding hydrogens is 396 g/mol. The summed E-state index contributed by atoms with van der Waals surface area (Å²) < 4.78 is 0. The largest absolute Gasteiger partial charge is 0.395 e. The second-order valence-electron chi connectivity index (χ2n) is 8.61. The highest BCUT2D eigenvalue weighted by molar-refractivity contribution is 8.00. The Labute approximate surface area is 183 Å². The van der Waals surface area contributed by atoms with Crippen LogP contribution in [0.2, 0.25) is 0 Å². The van der Waals surface area contributed by atoms with Crippen molar-refractivity contribution in [1.82, 2.24) is 10.2 Å². The molecule has 2 N–H and O–H groups in total. The molecule has 6 heteroatoms. The molecule has 2 aliphatic heterocycles. The van der Waals surface area contributed by atoms with Gasteiger partial charge < -0.3 is 15.3 Å². The van der Waals surface area contributed by atoms with Gasteiger partial charge in [0.15, 0.2) is 5.78 Å². The van der Waals surface area contributed by atoms with Gasteiger partial charge in [-0.1, -0.05) is 42.3 Å². The fourth-order valence-corrected chi connectivity index (χ4v) is 6.15. The highest BCUT2D eigenvalue weighted by Gasteiger charge is 2.41. The zero-order chi connectivity index (χ0) is 20.9. The van der Waals surface area contributed by atoms with Crippen LogP contribution in [0.3, 0.4) is 0 Å². The molecule has 0 radical (unpaired) electrons. The van der Waals surface area contributed by atoms with Gasteiger partial charge in [-0.3, -0.25) is 9.59 Å². The summed E-state index contributed by atoms with van der Waals surface area (Å²) >= 11 is 1.55. The Morgan fingerprint density at radius 2 is 2.07 bits per heavy atom. The molecule has 5 nitrogen and oxygen atoms in total. The first-order chi connectivity index (χ1) is 14.7. The third-order valence-corrected chi connectivity index (χ3v) is 7.83. The van der Waals surface area contributed by atoms with Crippen LogP contribution < -0.4 is 5.32 Å². The van der Waals surface area contributed by atoms with E-state index in [0.29, 0.717) is 18.8 Å². The highest BCUT2D eigenvalue weighted by Crippen LogP contribution is 2.30. The number of benzene rings is 1. The van der Waals surface area contributed by atoms with Gasteiger partial charge in [0.25, 0.3) is 0 Å². The van der Waals surface area contributed by atoms with Crippen molar-refractivity contribution in [3.05, 3.63) is 41.0 Å². The smallest absolute Gasteiger partial charge is 0.223 e. The Morgan fingerprint density at radius 1 is 1.20 bits per heavy atom. The number of aliphatic hydroxyl groups excluding tert-OH is 1. The Hall–Kier alpha value is -1.63. The quantitative estimate of drug-likeness (QED) is 0.592. The number of carbonyl (C=O) groups is 2. The van der Waals surface area contributed by atoms with Crippen LogP contribution in [0, 0.1) is 0 Å². The summed E-state index contributed by atoms with van der Waals surface area (Å²) in [6.45, 7) is 0.653. The minimum Gasteiger partial charge on any atom is -0.395 e. The van der Waals surface area contributed by atoms with Crippen molar-refractivity contribution in [3.8, 4) is 0 Å². The van der Waals surface area contributed by atoms with Crippen LogP contribution in [0.1, 0.15) is 56.1 Å². The summed E-state index contributed by atoms with van der Waals surface area (Å²) in [5.41, 5.74) is 4.27. The second-order valence-corrected chi connectivity index (χ2v) is 9.74. The molecule has 0 saturated carbocycles. The number of nitrogens with one attached hydrogen (secondary N) is 1. The number of hydrogen-bond acceptors (Lipinski definition) is 5. The van der Waals surface area contributed by atoms with Gasteiger partial charge in [0.1, 0.15) is 0 Å². The molecule has 30 heavy (non-hydrogen) atoms. The molecule has 0 bridgehead atoms. The SMILES string of the molecule is O=C(C1SCN[C@@H]1CO)[C@@H]1CCCN1C(=O)CCCCCC1=Cc2ccccc2C1. The van der Waals surface area contributed by atoms with Gasteiger partial charge in [0.05, 0.1) is 17.9 Å². The van der Waals surface area contributed by atoms with Crippen LogP contribution in [0.4, 0.5) is 0 Å². The Bertz CT molecular complexity index is 809. The number of Topliss-reactive ketones (excluding diaryl/α,β-unsaturated/α-hetero) is 1. The molecule has 1 amide bonds. The van der Waals surface area contributed by atoms with Crippen LogP contribution >= 0.6 is 11.8 Å². The first kappa shape index (κ1) is 21.6. The molecule has 0 aromatic heterocycles. The number of carbonyl (C=O) groups excluding carboxylic acids is 2. The monoisotopic (exact) mass is 428 g/mol. The summed E-state index contributed by atoms with van der Waals surface area (Å²) in [6, 6.07) is 8.09. The maximum atomic E-state index is 13.0. The molecule has 2 heterocycles. The molecular formula is C24H32N2O3S. The van der Waals surface area contributed by atoms with Gasteiger partial charge in [0, 0.05) is 24.9 Å². The van der Waals surface area contributed by atoms with Crippen molar-refractivity contribution >= 4 is 29.5 Å². The number of aliphatic hydroxyl groups is 1. The molecule has 1 aromatic carbocycles. The Balaban J connectivity index is 1.19. The van der Waals surface area contributed by atoms with Crippen LogP contribution in [0.5, 0.6) is 0 Å². The molecule has 0 spiro atoms. The Morgan fingerprint density at radius 3 is 2.90 bits per heavy atom. The lowest BCUT2D eigenvalue weighted by atomic mass is 10.0. The zero-order valence-corrected chi connectivity index (χ0v) is 18.3. The van der Waals surface area contributed by atoms with Gasteiger partial charge >= 0.3 is 0 Å². The third kappa shape index (κ3) is 4.82. The van der Waals surface area contributed by atoms with Crippen molar-refractivity contribution in [2.45, 2.75) is 68.7 Å². The lowest BCUT2D eigenvalue weighted by molar-refractivity contribution is -0.137. The maximum absolute atomic E-state index is 13.0. The Kier molecular flexibility index (Phi) is 7.28. The van der Waals surface area contributed by atoms with Crippen LogP contribution in [0.15, 0.2) is 29.8 Å². The standard InChI is InChI=1S/C24H32N2O3S/c27-15-20-24(30-16-25-20)23(29)21-10-6-12-26(21)22(28)11-3-1-2-7-17-13-18-8-4-5-9-19(18)14-17/h4-5,8-9,13,20-21,24-25,27H,1-3,6-7,10-12,14-16H2/t20-,21+,24?/m1/s1. The number of allylic oxidation sites excluding steroid dienone is 1. The summed E-state index contributed by atoms with van der Waals surface area (Å²) in [7, 11) is 0. The van der Waals surface area contributed by atoms with E-state index in [1.165, 1.54) is 16.7 Å². The second kappa shape index (κ2) is 10.1. The molecule has 162 valence electrons.